The van der Waals surface area contributed by atoms with E-state index in [0.717, 1.165) is 18.5 Å². The van der Waals surface area contributed by atoms with Crippen LogP contribution in [0.3, 0.4) is 0 Å². The van der Waals surface area contributed by atoms with Crippen molar-refractivity contribution in [2.24, 2.45) is 0 Å². The maximum atomic E-state index is 12.1. The molecule has 0 saturated heterocycles. The zero-order valence-electron chi connectivity index (χ0n) is 8.49. The lowest BCUT2D eigenvalue weighted by molar-refractivity contribution is -0.685. The summed E-state index contributed by atoms with van der Waals surface area (Å²) in [5.74, 6) is 0.236. The summed E-state index contributed by atoms with van der Waals surface area (Å²) >= 11 is 1.61. The van der Waals surface area contributed by atoms with Crippen LogP contribution in [0.4, 0.5) is 0 Å². The minimum Gasteiger partial charge on any atom is -0.224 e. The van der Waals surface area contributed by atoms with E-state index in [1.807, 2.05) is 31.5 Å². The molecule has 0 bridgehead atoms. The lowest BCUT2D eigenvalue weighted by Gasteiger charge is -2.32. The van der Waals surface area contributed by atoms with E-state index < -0.39 is 0 Å². The standard InChI is InChI=1S/C11H14NOS/c1-12(14-2)8-7-9-5-3-4-6-10(9)11(12)13/h3-6H,7-8H2,1-2H3/q+1. The Morgan fingerprint density at radius 2 is 2.07 bits per heavy atom. The van der Waals surface area contributed by atoms with E-state index in [1.54, 1.807) is 11.9 Å². The maximum Gasteiger partial charge on any atom is 0.357 e. The van der Waals surface area contributed by atoms with Gasteiger partial charge in [-0.1, -0.05) is 18.2 Å². The van der Waals surface area contributed by atoms with Crippen molar-refractivity contribution in [1.29, 1.82) is 0 Å². The molecule has 2 rings (SSSR count). The number of fused-ring (bicyclic) bond motifs is 1. The smallest absolute Gasteiger partial charge is 0.224 e. The van der Waals surface area contributed by atoms with Crippen LogP contribution in [0.1, 0.15) is 15.9 Å². The first kappa shape index (κ1) is 9.74. The van der Waals surface area contributed by atoms with E-state index in [9.17, 15) is 4.79 Å². The molecule has 3 heteroatoms. The lowest BCUT2D eigenvalue weighted by Crippen LogP contribution is -2.47. The van der Waals surface area contributed by atoms with Crippen LogP contribution < -0.4 is 0 Å². The molecule has 14 heavy (non-hydrogen) atoms. The summed E-state index contributed by atoms with van der Waals surface area (Å²) in [6.07, 6.45) is 2.99. The summed E-state index contributed by atoms with van der Waals surface area (Å²) in [5.41, 5.74) is 2.10. The summed E-state index contributed by atoms with van der Waals surface area (Å²) in [6.45, 7) is 0.900. The highest BCUT2D eigenvalue weighted by Crippen LogP contribution is 2.28. The zero-order valence-corrected chi connectivity index (χ0v) is 9.30. The summed E-state index contributed by atoms with van der Waals surface area (Å²) in [5, 5.41) is 0. The van der Waals surface area contributed by atoms with Gasteiger partial charge >= 0.3 is 5.91 Å². The van der Waals surface area contributed by atoms with Crippen LogP contribution in [-0.2, 0) is 6.42 Å². The van der Waals surface area contributed by atoms with Gasteiger partial charge < -0.3 is 0 Å². The van der Waals surface area contributed by atoms with Gasteiger partial charge in [0, 0.05) is 12.7 Å². The second kappa shape index (κ2) is 3.41. The molecular formula is C11H14NOS+. The fraction of sp³-hybridized carbons (Fsp3) is 0.364. The molecule has 0 spiro atoms. The van der Waals surface area contributed by atoms with Gasteiger partial charge in [-0.05, 0) is 11.6 Å². The second-order valence-electron chi connectivity index (χ2n) is 3.72. The Labute approximate surface area is 88.6 Å². The molecule has 0 fully saturated rings. The number of likely N-dealkylation sites (N-methyl/N-ethyl adjacent to an activating group) is 1. The number of benzene rings is 1. The van der Waals surface area contributed by atoms with E-state index in [4.69, 9.17) is 0 Å². The lowest BCUT2D eigenvalue weighted by atomic mass is 10.00. The van der Waals surface area contributed by atoms with E-state index in [1.165, 1.54) is 5.56 Å². The van der Waals surface area contributed by atoms with Crippen LogP contribution in [0.5, 0.6) is 0 Å². The zero-order chi connectivity index (χ0) is 10.2. The van der Waals surface area contributed by atoms with Crippen molar-refractivity contribution < 1.29 is 8.68 Å². The Morgan fingerprint density at radius 3 is 2.79 bits per heavy atom. The number of amides is 1. The van der Waals surface area contributed by atoms with Gasteiger partial charge in [0.2, 0.25) is 0 Å². The SMILES string of the molecule is CS[N+]1(C)CCc2ccccc2C1=O. The number of carbonyl (C=O) groups is 1. The molecule has 2 nitrogen and oxygen atoms in total. The van der Waals surface area contributed by atoms with Gasteiger partial charge in [-0.25, -0.2) is 4.79 Å². The van der Waals surface area contributed by atoms with Crippen molar-refractivity contribution in [3.05, 3.63) is 35.4 Å². The Balaban J connectivity index is 2.46. The molecule has 1 amide bonds. The molecule has 1 heterocycles. The number of rotatable bonds is 1. The molecule has 0 radical (unpaired) electrons. The monoisotopic (exact) mass is 208 g/mol. The Bertz CT molecular complexity index is 377. The highest BCUT2D eigenvalue weighted by atomic mass is 32.2. The van der Waals surface area contributed by atoms with Crippen molar-refractivity contribution in [3.8, 4) is 0 Å². The molecule has 1 atom stereocenters. The van der Waals surface area contributed by atoms with Crippen molar-refractivity contribution in [3.63, 3.8) is 0 Å². The molecule has 1 unspecified atom stereocenters. The topological polar surface area (TPSA) is 17.1 Å². The predicted molar refractivity (Wildman–Crippen MR) is 59.0 cm³/mol. The summed E-state index contributed by atoms with van der Waals surface area (Å²) in [4.78, 5) is 12.1. The molecular weight excluding hydrogens is 194 g/mol. The minimum absolute atomic E-state index is 0.236. The third kappa shape index (κ3) is 1.37. The molecule has 0 saturated carbocycles. The fourth-order valence-corrected chi connectivity index (χ4v) is 2.35. The summed E-state index contributed by atoms with van der Waals surface area (Å²) in [7, 11) is 1.99. The molecule has 1 aliphatic rings. The van der Waals surface area contributed by atoms with Crippen LogP contribution in [0.15, 0.2) is 24.3 Å². The van der Waals surface area contributed by atoms with Crippen molar-refractivity contribution in [2.45, 2.75) is 6.42 Å². The first-order chi connectivity index (χ1) is 6.67. The van der Waals surface area contributed by atoms with E-state index in [-0.39, 0.29) is 5.91 Å². The summed E-state index contributed by atoms with van der Waals surface area (Å²) < 4.78 is 0.469. The Hall–Kier alpha value is -0.800. The third-order valence-electron chi connectivity index (χ3n) is 2.89. The fourth-order valence-electron chi connectivity index (χ4n) is 1.81. The first-order valence-corrected chi connectivity index (χ1v) is 5.89. The molecule has 0 aromatic heterocycles. The van der Waals surface area contributed by atoms with Gasteiger partial charge in [-0.3, -0.25) is 0 Å². The number of carbonyl (C=O) groups excluding carboxylic acids is 1. The van der Waals surface area contributed by atoms with Gasteiger partial charge in [0.15, 0.2) is 0 Å². The highest BCUT2D eigenvalue weighted by molar-refractivity contribution is 7.93. The molecule has 1 aliphatic heterocycles. The van der Waals surface area contributed by atoms with Crippen LogP contribution >= 0.6 is 11.9 Å². The van der Waals surface area contributed by atoms with Crippen molar-refractivity contribution in [2.75, 3.05) is 19.8 Å². The van der Waals surface area contributed by atoms with Crippen molar-refractivity contribution >= 4 is 17.9 Å². The van der Waals surface area contributed by atoms with Crippen LogP contribution in [0.2, 0.25) is 0 Å². The quantitative estimate of drug-likeness (QED) is 0.519. The van der Waals surface area contributed by atoms with Crippen molar-refractivity contribution in [1.82, 2.24) is 0 Å². The highest BCUT2D eigenvalue weighted by Gasteiger charge is 2.38. The number of quaternary nitrogens is 1. The molecule has 1 aromatic rings. The number of nitrogens with zero attached hydrogens (tertiary/aromatic N) is 1. The van der Waals surface area contributed by atoms with Gasteiger partial charge in [-0.15, -0.1) is 0 Å². The van der Waals surface area contributed by atoms with Crippen LogP contribution in [0, 0.1) is 0 Å². The Morgan fingerprint density at radius 1 is 1.36 bits per heavy atom. The number of hydrogen-bond acceptors (Lipinski definition) is 2. The molecule has 0 N–H and O–H groups in total. The molecule has 1 aromatic carbocycles. The third-order valence-corrected chi connectivity index (χ3v) is 4.04. The van der Waals surface area contributed by atoms with Gasteiger partial charge in [0.25, 0.3) is 0 Å². The predicted octanol–water partition coefficient (Wildman–Crippen LogP) is 2.11. The maximum absolute atomic E-state index is 12.1. The van der Waals surface area contributed by atoms with E-state index >= 15 is 0 Å². The summed E-state index contributed by atoms with van der Waals surface area (Å²) in [6, 6.07) is 7.92. The largest absolute Gasteiger partial charge is 0.357 e. The minimum atomic E-state index is 0.236. The Kier molecular flexibility index (Phi) is 2.37. The second-order valence-corrected chi connectivity index (χ2v) is 4.89. The average Bonchev–Trinajstić information content (AvgIpc) is 2.24. The van der Waals surface area contributed by atoms with Gasteiger partial charge in [0.05, 0.1) is 24.6 Å². The van der Waals surface area contributed by atoms with Crippen LogP contribution in [0.25, 0.3) is 0 Å². The average molecular weight is 208 g/mol. The van der Waals surface area contributed by atoms with Crippen LogP contribution in [-0.4, -0.2) is 29.6 Å². The first-order valence-electron chi connectivity index (χ1n) is 4.71. The van der Waals surface area contributed by atoms with Gasteiger partial charge in [-0.2, -0.15) is 3.89 Å². The molecule has 0 aliphatic carbocycles. The van der Waals surface area contributed by atoms with Gasteiger partial charge in [0.1, 0.15) is 6.54 Å². The number of hydrogen-bond donors (Lipinski definition) is 0. The van der Waals surface area contributed by atoms with E-state index in [2.05, 4.69) is 6.07 Å². The molecule has 74 valence electrons. The normalized spacial score (nSPS) is 26.0. The van der Waals surface area contributed by atoms with E-state index in [0.29, 0.717) is 3.89 Å².